The van der Waals surface area contributed by atoms with Crippen molar-refractivity contribution in [3.8, 4) is 0 Å². The van der Waals surface area contributed by atoms with Crippen molar-refractivity contribution in [1.29, 1.82) is 0 Å². The Morgan fingerprint density at radius 3 is 2.61 bits per heavy atom. The summed E-state index contributed by atoms with van der Waals surface area (Å²) in [6.07, 6.45) is 1.46. The van der Waals surface area contributed by atoms with Gasteiger partial charge in [-0.25, -0.2) is 4.98 Å². The molecule has 2 aromatic heterocycles. The molecule has 0 radical (unpaired) electrons. The zero-order chi connectivity index (χ0) is 21.6. The van der Waals surface area contributed by atoms with Gasteiger partial charge in [0, 0.05) is 18.8 Å². The molecule has 4 rings (SSSR count). The van der Waals surface area contributed by atoms with Gasteiger partial charge in [-0.15, -0.1) is 0 Å². The van der Waals surface area contributed by atoms with Crippen LogP contribution in [0.2, 0.25) is 0 Å². The highest BCUT2D eigenvalue weighted by Gasteiger charge is 2.12. The number of imidazole rings is 1. The molecule has 7 nitrogen and oxygen atoms in total. The standard InChI is InChI=1S/C23H22N4O3S/c1-2-27-19-7-4-3-6-18(19)26-23(27)31-15-21(28)24-14-16-9-11-17(12-10-16)25-22(29)20-8-5-13-30-20/h3-13H,2,14-15H2,1H3,(H,24,28)(H,25,29). The van der Waals surface area contributed by atoms with Gasteiger partial charge in [0.2, 0.25) is 5.91 Å². The van der Waals surface area contributed by atoms with Crippen LogP contribution >= 0.6 is 11.8 Å². The van der Waals surface area contributed by atoms with Gasteiger partial charge < -0.3 is 19.6 Å². The molecule has 8 heteroatoms. The van der Waals surface area contributed by atoms with E-state index in [1.807, 2.05) is 36.4 Å². The predicted octanol–water partition coefficient (Wildman–Crippen LogP) is 4.31. The summed E-state index contributed by atoms with van der Waals surface area (Å²) >= 11 is 1.43. The molecule has 0 aliphatic rings. The van der Waals surface area contributed by atoms with Gasteiger partial charge in [0.05, 0.1) is 23.0 Å². The van der Waals surface area contributed by atoms with E-state index in [0.717, 1.165) is 28.3 Å². The van der Waals surface area contributed by atoms with Gasteiger partial charge in [-0.05, 0) is 48.9 Å². The minimum Gasteiger partial charge on any atom is -0.459 e. The Morgan fingerprint density at radius 2 is 1.87 bits per heavy atom. The van der Waals surface area contributed by atoms with Crippen LogP contribution in [0.3, 0.4) is 0 Å². The van der Waals surface area contributed by atoms with Crippen LogP contribution in [0, 0.1) is 0 Å². The fraction of sp³-hybridized carbons (Fsp3) is 0.174. The van der Waals surface area contributed by atoms with E-state index < -0.39 is 0 Å². The minimum absolute atomic E-state index is 0.0603. The number of hydrogen-bond acceptors (Lipinski definition) is 5. The van der Waals surface area contributed by atoms with Crippen molar-refractivity contribution < 1.29 is 14.0 Å². The Morgan fingerprint density at radius 1 is 1.06 bits per heavy atom. The van der Waals surface area contributed by atoms with E-state index in [1.165, 1.54) is 18.0 Å². The number of anilines is 1. The summed E-state index contributed by atoms with van der Waals surface area (Å²) in [6, 6.07) is 18.5. The summed E-state index contributed by atoms with van der Waals surface area (Å²) in [5, 5.41) is 6.53. The first-order chi connectivity index (χ1) is 15.1. The zero-order valence-corrected chi connectivity index (χ0v) is 17.8. The Bertz CT molecular complexity index is 1180. The second-order valence-electron chi connectivity index (χ2n) is 6.82. The van der Waals surface area contributed by atoms with E-state index in [2.05, 4.69) is 27.1 Å². The van der Waals surface area contributed by atoms with Crippen LogP contribution < -0.4 is 10.6 Å². The van der Waals surface area contributed by atoms with Crippen LogP contribution in [-0.4, -0.2) is 27.1 Å². The quantitative estimate of drug-likeness (QED) is 0.404. The van der Waals surface area contributed by atoms with E-state index in [4.69, 9.17) is 4.42 Å². The number of aromatic nitrogens is 2. The second-order valence-corrected chi connectivity index (χ2v) is 7.76. The van der Waals surface area contributed by atoms with Gasteiger partial charge in [-0.1, -0.05) is 36.0 Å². The lowest BCUT2D eigenvalue weighted by atomic mass is 10.2. The number of aryl methyl sites for hydroxylation is 1. The first-order valence-electron chi connectivity index (χ1n) is 9.92. The first kappa shape index (κ1) is 20.7. The molecule has 0 saturated carbocycles. The Labute approximate surface area is 183 Å². The van der Waals surface area contributed by atoms with Crippen molar-refractivity contribution in [3.05, 3.63) is 78.3 Å². The van der Waals surface area contributed by atoms with Crippen molar-refractivity contribution in [1.82, 2.24) is 14.9 Å². The number of carbonyl (C=O) groups excluding carboxylic acids is 2. The van der Waals surface area contributed by atoms with Crippen LogP contribution in [-0.2, 0) is 17.9 Å². The molecule has 158 valence electrons. The Hall–Kier alpha value is -3.52. The summed E-state index contributed by atoms with van der Waals surface area (Å²) in [5.41, 5.74) is 3.61. The van der Waals surface area contributed by atoms with Crippen LogP contribution in [0.1, 0.15) is 23.0 Å². The molecule has 0 saturated heterocycles. The topological polar surface area (TPSA) is 89.2 Å². The number of para-hydroxylation sites is 2. The third kappa shape index (κ3) is 4.97. The van der Waals surface area contributed by atoms with E-state index in [0.29, 0.717) is 18.0 Å². The van der Waals surface area contributed by atoms with Gasteiger partial charge >= 0.3 is 0 Å². The van der Waals surface area contributed by atoms with E-state index in [-0.39, 0.29) is 17.6 Å². The van der Waals surface area contributed by atoms with Crippen LogP contribution in [0.4, 0.5) is 5.69 Å². The summed E-state index contributed by atoms with van der Waals surface area (Å²) in [5.74, 6) is 0.183. The van der Waals surface area contributed by atoms with Crippen molar-refractivity contribution >= 4 is 40.3 Å². The normalized spacial score (nSPS) is 10.9. The van der Waals surface area contributed by atoms with E-state index in [9.17, 15) is 9.59 Å². The largest absolute Gasteiger partial charge is 0.459 e. The summed E-state index contributed by atoms with van der Waals surface area (Å²) in [4.78, 5) is 28.9. The number of fused-ring (bicyclic) bond motifs is 1. The molecule has 0 aliphatic heterocycles. The average Bonchev–Trinajstić information content (AvgIpc) is 3.45. The lowest BCUT2D eigenvalue weighted by Crippen LogP contribution is -2.24. The van der Waals surface area contributed by atoms with E-state index in [1.54, 1.807) is 24.3 Å². The molecule has 0 fully saturated rings. The van der Waals surface area contributed by atoms with Crippen LogP contribution in [0.25, 0.3) is 11.0 Å². The molecule has 0 bridgehead atoms. The number of thioether (sulfide) groups is 1. The van der Waals surface area contributed by atoms with Gasteiger partial charge in [0.25, 0.3) is 5.91 Å². The van der Waals surface area contributed by atoms with Crippen molar-refractivity contribution in [2.24, 2.45) is 0 Å². The summed E-state index contributed by atoms with van der Waals surface area (Å²) in [6.45, 7) is 3.28. The second kappa shape index (κ2) is 9.53. The number of furan rings is 1. The lowest BCUT2D eigenvalue weighted by Gasteiger charge is -2.08. The lowest BCUT2D eigenvalue weighted by molar-refractivity contribution is -0.118. The number of amides is 2. The highest BCUT2D eigenvalue weighted by Crippen LogP contribution is 2.23. The number of carbonyl (C=O) groups is 2. The molecule has 2 aromatic carbocycles. The maximum Gasteiger partial charge on any atom is 0.291 e. The Balaban J connectivity index is 1.28. The summed E-state index contributed by atoms with van der Waals surface area (Å²) in [7, 11) is 0. The molecule has 2 amide bonds. The maximum atomic E-state index is 12.3. The highest BCUT2D eigenvalue weighted by atomic mass is 32.2. The summed E-state index contributed by atoms with van der Waals surface area (Å²) < 4.78 is 7.19. The van der Waals surface area contributed by atoms with Gasteiger partial charge in [-0.3, -0.25) is 9.59 Å². The number of nitrogens with zero attached hydrogens (tertiary/aromatic N) is 2. The molecule has 0 unspecified atom stereocenters. The van der Waals surface area contributed by atoms with Crippen LogP contribution in [0.5, 0.6) is 0 Å². The van der Waals surface area contributed by atoms with Crippen molar-refractivity contribution in [2.45, 2.75) is 25.2 Å². The molecule has 31 heavy (non-hydrogen) atoms. The molecular weight excluding hydrogens is 412 g/mol. The fourth-order valence-corrected chi connectivity index (χ4v) is 4.07. The van der Waals surface area contributed by atoms with Gasteiger partial charge in [0.1, 0.15) is 0 Å². The number of hydrogen-bond donors (Lipinski definition) is 2. The molecule has 4 aromatic rings. The monoisotopic (exact) mass is 434 g/mol. The number of benzene rings is 2. The highest BCUT2D eigenvalue weighted by molar-refractivity contribution is 7.99. The predicted molar refractivity (Wildman–Crippen MR) is 121 cm³/mol. The molecular formula is C23H22N4O3S. The molecule has 0 aliphatic carbocycles. The van der Waals surface area contributed by atoms with Crippen molar-refractivity contribution in [3.63, 3.8) is 0 Å². The smallest absolute Gasteiger partial charge is 0.291 e. The third-order valence-electron chi connectivity index (χ3n) is 4.71. The Kier molecular flexibility index (Phi) is 6.37. The molecule has 2 heterocycles. The fourth-order valence-electron chi connectivity index (χ4n) is 3.16. The number of nitrogens with one attached hydrogen (secondary N) is 2. The molecule has 0 spiro atoms. The molecule has 2 N–H and O–H groups in total. The maximum absolute atomic E-state index is 12.3. The van der Waals surface area contributed by atoms with Gasteiger partial charge in [0.15, 0.2) is 10.9 Å². The van der Waals surface area contributed by atoms with Gasteiger partial charge in [-0.2, -0.15) is 0 Å². The third-order valence-corrected chi connectivity index (χ3v) is 5.69. The zero-order valence-electron chi connectivity index (χ0n) is 17.0. The number of rotatable bonds is 8. The SMILES string of the molecule is CCn1c(SCC(=O)NCc2ccc(NC(=O)c3ccco3)cc2)nc2ccccc21. The molecule has 0 atom stereocenters. The average molecular weight is 435 g/mol. The van der Waals surface area contributed by atoms with Crippen molar-refractivity contribution in [2.75, 3.05) is 11.1 Å². The van der Waals surface area contributed by atoms with E-state index >= 15 is 0 Å². The minimum atomic E-state index is -0.304. The first-order valence-corrected chi connectivity index (χ1v) is 10.9. The van der Waals surface area contributed by atoms with Crippen LogP contribution in [0.15, 0.2) is 76.5 Å².